The highest BCUT2D eigenvalue weighted by Crippen LogP contribution is 2.36. The minimum Gasteiger partial charge on any atom is -0.493 e. The summed E-state index contributed by atoms with van der Waals surface area (Å²) in [6, 6.07) is 10.2. The number of nitro groups is 1. The molecule has 0 aliphatic heterocycles. The largest absolute Gasteiger partial charge is 0.493 e. The Morgan fingerprint density at radius 1 is 1.20 bits per heavy atom. The lowest BCUT2D eigenvalue weighted by Gasteiger charge is -2.00. The Kier molecular flexibility index (Phi) is 3.97. The molecular weight excluding hydrogens is 348 g/mol. The molecule has 0 radical (unpaired) electrons. The number of aromatic nitrogens is 1. The summed E-state index contributed by atoms with van der Waals surface area (Å²) < 4.78 is 27.9. The summed E-state index contributed by atoms with van der Waals surface area (Å²) in [5.41, 5.74) is 0.541. The Labute approximate surface area is 141 Å². The molecule has 128 valence electrons. The van der Waals surface area contributed by atoms with Crippen LogP contribution in [-0.4, -0.2) is 23.4 Å². The molecule has 0 aliphatic rings. The minimum atomic E-state index is -4.27. The lowest BCUT2D eigenvalue weighted by molar-refractivity contribution is -0.385. The first-order valence-corrected chi connectivity index (χ1v) is 8.46. The van der Waals surface area contributed by atoms with Gasteiger partial charge in [0.05, 0.1) is 15.3 Å². The molecule has 1 aromatic heterocycles. The summed E-state index contributed by atoms with van der Waals surface area (Å²) in [5.74, 6) is -0.324. The molecular formula is C15H12N4O5S. The van der Waals surface area contributed by atoms with Gasteiger partial charge in [0.15, 0.2) is 5.69 Å². The van der Waals surface area contributed by atoms with E-state index in [-0.39, 0.29) is 22.2 Å². The number of hydrogen-bond donors (Lipinski definition) is 2. The second kappa shape index (κ2) is 5.98. The SMILES string of the molecule is Cc1ccc(S(=O)(=O)N=Nc2c(O)[nH]c3ccccc23)cc1[N+](=O)[O-]. The zero-order valence-electron chi connectivity index (χ0n) is 12.9. The number of nitrogens with one attached hydrogen (secondary N) is 1. The van der Waals surface area contributed by atoms with E-state index in [1.807, 2.05) is 0 Å². The van der Waals surface area contributed by atoms with Crippen molar-refractivity contribution >= 4 is 32.3 Å². The summed E-state index contributed by atoms with van der Waals surface area (Å²) in [6.07, 6.45) is 0. The van der Waals surface area contributed by atoms with Crippen LogP contribution < -0.4 is 0 Å². The van der Waals surface area contributed by atoms with Crippen molar-refractivity contribution in [1.29, 1.82) is 0 Å². The van der Waals surface area contributed by atoms with Crippen molar-refractivity contribution in [3.05, 3.63) is 58.1 Å². The number of H-pyrrole nitrogens is 1. The standard InChI is InChI=1S/C15H12N4O5S/c1-9-6-7-10(8-13(9)19(21)22)25(23,24)18-17-14-11-4-2-3-5-12(11)16-15(14)20/h2-8,16,20H,1H3. The molecule has 1 heterocycles. The fourth-order valence-corrected chi connectivity index (χ4v) is 3.09. The van der Waals surface area contributed by atoms with Gasteiger partial charge in [-0.3, -0.25) is 10.1 Å². The van der Waals surface area contributed by atoms with E-state index in [9.17, 15) is 23.6 Å². The molecule has 0 saturated heterocycles. The van der Waals surface area contributed by atoms with Crippen LogP contribution in [0.5, 0.6) is 5.88 Å². The molecule has 0 atom stereocenters. The third-order valence-electron chi connectivity index (χ3n) is 3.58. The molecule has 3 aromatic rings. The third-order valence-corrected chi connectivity index (χ3v) is 4.73. The fourth-order valence-electron chi connectivity index (χ4n) is 2.30. The quantitative estimate of drug-likeness (QED) is 0.416. The molecule has 3 rings (SSSR count). The summed E-state index contributed by atoms with van der Waals surface area (Å²) >= 11 is 0. The van der Waals surface area contributed by atoms with Gasteiger partial charge in [0.25, 0.3) is 15.7 Å². The van der Waals surface area contributed by atoms with E-state index in [1.165, 1.54) is 19.1 Å². The average molecular weight is 360 g/mol. The van der Waals surface area contributed by atoms with Crippen LogP contribution in [-0.2, 0) is 10.0 Å². The highest BCUT2D eigenvalue weighted by Gasteiger charge is 2.20. The Balaban J connectivity index is 2.04. The number of rotatable bonds is 4. The fraction of sp³-hybridized carbons (Fsp3) is 0.0667. The van der Waals surface area contributed by atoms with E-state index in [0.717, 1.165) is 6.07 Å². The summed E-state index contributed by atoms with van der Waals surface area (Å²) in [4.78, 5) is 12.6. The van der Waals surface area contributed by atoms with E-state index in [1.54, 1.807) is 24.3 Å². The molecule has 2 N–H and O–H groups in total. The number of aromatic hydroxyl groups is 1. The van der Waals surface area contributed by atoms with Crippen LogP contribution in [0.15, 0.2) is 57.0 Å². The number of sulfonamides is 1. The lowest BCUT2D eigenvalue weighted by Crippen LogP contribution is -1.99. The van der Waals surface area contributed by atoms with Crippen molar-refractivity contribution in [3.8, 4) is 5.88 Å². The smallest absolute Gasteiger partial charge is 0.300 e. The number of benzene rings is 2. The van der Waals surface area contributed by atoms with Gasteiger partial charge in [-0.2, -0.15) is 8.42 Å². The first kappa shape index (κ1) is 16.6. The van der Waals surface area contributed by atoms with E-state index in [0.29, 0.717) is 16.5 Å². The second-order valence-corrected chi connectivity index (χ2v) is 6.81. The van der Waals surface area contributed by atoms with E-state index in [4.69, 9.17) is 0 Å². The summed E-state index contributed by atoms with van der Waals surface area (Å²) in [6.45, 7) is 1.50. The molecule has 9 nitrogen and oxygen atoms in total. The van der Waals surface area contributed by atoms with E-state index in [2.05, 4.69) is 14.6 Å². The second-order valence-electron chi connectivity index (χ2n) is 5.23. The van der Waals surface area contributed by atoms with Crippen LogP contribution in [0.4, 0.5) is 11.4 Å². The first-order valence-electron chi connectivity index (χ1n) is 7.02. The molecule has 25 heavy (non-hydrogen) atoms. The lowest BCUT2D eigenvalue weighted by atomic mass is 10.2. The summed E-state index contributed by atoms with van der Waals surface area (Å²) in [7, 11) is -4.27. The van der Waals surface area contributed by atoms with Crippen LogP contribution in [0, 0.1) is 17.0 Å². The van der Waals surface area contributed by atoms with Crippen LogP contribution in [0.1, 0.15) is 5.56 Å². The molecule has 0 bridgehead atoms. The first-order chi connectivity index (χ1) is 11.8. The van der Waals surface area contributed by atoms with Crippen LogP contribution >= 0.6 is 0 Å². The zero-order valence-corrected chi connectivity index (χ0v) is 13.7. The van der Waals surface area contributed by atoms with Gasteiger partial charge in [0.1, 0.15) is 0 Å². The van der Waals surface area contributed by atoms with Crippen LogP contribution in [0.3, 0.4) is 0 Å². The van der Waals surface area contributed by atoms with Crippen LogP contribution in [0.25, 0.3) is 10.9 Å². The van der Waals surface area contributed by atoms with Gasteiger partial charge >= 0.3 is 0 Å². The normalized spacial score (nSPS) is 12.0. The summed E-state index contributed by atoms with van der Waals surface area (Å²) in [5, 5.41) is 24.9. The maximum Gasteiger partial charge on any atom is 0.300 e. The molecule has 10 heteroatoms. The topological polar surface area (TPSA) is 138 Å². The molecule has 0 fully saturated rings. The minimum absolute atomic E-state index is 0.0270. The van der Waals surface area contributed by atoms with E-state index < -0.39 is 14.9 Å². The molecule has 0 aliphatic carbocycles. The Morgan fingerprint density at radius 3 is 2.64 bits per heavy atom. The van der Waals surface area contributed by atoms with Crippen LogP contribution in [0.2, 0.25) is 0 Å². The van der Waals surface area contributed by atoms with Crippen molar-refractivity contribution in [2.45, 2.75) is 11.8 Å². The maximum absolute atomic E-state index is 12.3. The number of nitrogens with zero attached hydrogens (tertiary/aromatic N) is 3. The zero-order chi connectivity index (χ0) is 18.2. The van der Waals surface area contributed by atoms with Crippen molar-refractivity contribution in [1.82, 2.24) is 4.98 Å². The molecule has 0 unspecified atom stereocenters. The van der Waals surface area contributed by atoms with Gasteiger partial charge in [0.2, 0.25) is 5.88 Å². The van der Waals surface area contributed by atoms with Gasteiger partial charge in [0, 0.05) is 17.0 Å². The Bertz CT molecular complexity index is 1120. The van der Waals surface area contributed by atoms with Gasteiger partial charge in [-0.25, -0.2) is 0 Å². The predicted molar refractivity (Wildman–Crippen MR) is 89.5 cm³/mol. The Hall–Kier alpha value is -3.27. The maximum atomic E-state index is 12.3. The molecule has 0 spiro atoms. The molecule has 0 saturated carbocycles. The Morgan fingerprint density at radius 2 is 1.92 bits per heavy atom. The van der Waals surface area contributed by atoms with Gasteiger partial charge in [-0.05, 0) is 19.1 Å². The van der Waals surface area contributed by atoms with Crippen molar-refractivity contribution in [2.75, 3.05) is 0 Å². The van der Waals surface area contributed by atoms with Gasteiger partial charge in [-0.1, -0.05) is 28.8 Å². The van der Waals surface area contributed by atoms with Gasteiger partial charge in [-0.15, -0.1) is 5.11 Å². The number of para-hydroxylation sites is 1. The molecule has 0 amide bonds. The monoisotopic (exact) mass is 360 g/mol. The van der Waals surface area contributed by atoms with Crippen molar-refractivity contribution < 1.29 is 18.4 Å². The van der Waals surface area contributed by atoms with Crippen molar-refractivity contribution in [3.63, 3.8) is 0 Å². The van der Waals surface area contributed by atoms with Gasteiger partial charge < -0.3 is 10.1 Å². The number of aryl methyl sites for hydroxylation is 1. The number of aromatic amines is 1. The number of nitro benzene ring substituents is 1. The molecule has 2 aromatic carbocycles. The number of hydrogen-bond acceptors (Lipinski definition) is 6. The predicted octanol–water partition coefficient (Wildman–Crippen LogP) is 3.56. The third kappa shape index (κ3) is 3.06. The number of fused-ring (bicyclic) bond motifs is 1. The van der Waals surface area contributed by atoms with E-state index >= 15 is 0 Å². The highest BCUT2D eigenvalue weighted by molar-refractivity contribution is 7.90. The average Bonchev–Trinajstić information content (AvgIpc) is 2.88. The highest BCUT2D eigenvalue weighted by atomic mass is 32.2. The van der Waals surface area contributed by atoms with Crippen molar-refractivity contribution in [2.24, 2.45) is 9.63 Å².